The quantitative estimate of drug-likeness (QED) is 0.888. The highest BCUT2D eigenvalue weighted by Crippen LogP contribution is 2.50. The van der Waals surface area contributed by atoms with Crippen LogP contribution in [0.4, 0.5) is 0 Å². The van der Waals surface area contributed by atoms with E-state index in [2.05, 4.69) is 21.2 Å². The number of carbonyl (C=O) groups excluding carboxylic acids is 1. The summed E-state index contributed by atoms with van der Waals surface area (Å²) in [6.07, 6.45) is 2.08. The van der Waals surface area contributed by atoms with Gasteiger partial charge in [-0.15, -0.1) is 12.4 Å². The van der Waals surface area contributed by atoms with Crippen molar-refractivity contribution in [3.8, 4) is 0 Å². The minimum Gasteiger partial charge on any atom is -0.341 e. The molecular weight excluding hydrogens is 345 g/mol. The predicted octanol–water partition coefficient (Wildman–Crippen LogP) is 2.37. The van der Waals surface area contributed by atoms with Gasteiger partial charge in [0.25, 0.3) is 0 Å². The zero-order chi connectivity index (χ0) is 15.8. The van der Waals surface area contributed by atoms with Crippen LogP contribution in [-0.2, 0) is 4.79 Å². The number of hydrogen-bond donors (Lipinski definition) is 1. The van der Waals surface area contributed by atoms with Gasteiger partial charge in [-0.1, -0.05) is 29.8 Å². The monoisotopic (exact) mass is 369 g/mol. The smallest absolute Gasteiger partial charge is 0.226 e. The summed E-state index contributed by atoms with van der Waals surface area (Å²) in [4.78, 5) is 17.4. The normalized spacial score (nSPS) is 30.0. The molecular formula is C18H25Cl2N3O. The molecule has 0 bridgehead atoms. The molecule has 1 aromatic rings. The number of benzene rings is 1. The Kier molecular flexibility index (Phi) is 5.70. The number of hydrogen-bond acceptors (Lipinski definition) is 3. The van der Waals surface area contributed by atoms with Crippen molar-refractivity contribution in [2.45, 2.75) is 24.8 Å². The molecule has 2 heterocycles. The molecule has 1 N–H and O–H groups in total. The van der Waals surface area contributed by atoms with E-state index in [1.807, 2.05) is 18.2 Å². The number of nitrogens with one attached hydrogen (secondary N) is 1. The summed E-state index contributed by atoms with van der Waals surface area (Å²) >= 11 is 6.28. The molecule has 4 rings (SSSR count). The third-order valence-electron chi connectivity index (χ3n) is 5.56. The lowest BCUT2D eigenvalue weighted by molar-refractivity contribution is -0.131. The molecule has 2 aliphatic heterocycles. The second-order valence-corrected chi connectivity index (χ2v) is 7.39. The minimum atomic E-state index is 0. The number of carbonyl (C=O) groups is 1. The first-order chi connectivity index (χ1) is 11.2. The van der Waals surface area contributed by atoms with Crippen molar-refractivity contribution in [1.82, 2.24) is 15.1 Å². The first-order valence-corrected chi connectivity index (χ1v) is 9.10. The molecule has 1 aliphatic carbocycles. The highest BCUT2D eigenvalue weighted by atomic mass is 35.5. The van der Waals surface area contributed by atoms with Gasteiger partial charge >= 0.3 is 0 Å². The number of rotatable bonds is 3. The van der Waals surface area contributed by atoms with Crippen molar-refractivity contribution in [3.05, 3.63) is 34.9 Å². The minimum absolute atomic E-state index is 0. The summed E-state index contributed by atoms with van der Waals surface area (Å²) in [6, 6.07) is 8.50. The van der Waals surface area contributed by atoms with Gasteiger partial charge in [0.2, 0.25) is 5.91 Å². The van der Waals surface area contributed by atoms with Gasteiger partial charge in [0.05, 0.1) is 0 Å². The summed E-state index contributed by atoms with van der Waals surface area (Å²) in [5.41, 5.74) is 1.14. The maximum atomic E-state index is 12.8. The predicted molar refractivity (Wildman–Crippen MR) is 99.0 cm³/mol. The Morgan fingerprint density at radius 1 is 1.17 bits per heavy atom. The average molecular weight is 370 g/mol. The SMILES string of the molecule is Cl.O=C(C1CC1c1ccccc1Cl)N1CCC(N2CCNCC2)C1. The van der Waals surface area contributed by atoms with E-state index in [4.69, 9.17) is 11.6 Å². The van der Waals surface area contributed by atoms with Gasteiger partial charge in [0, 0.05) is 56.3 Å². The van der Waals surface area contributed by atoms with Crippen LogP contribution in [0, 0.1) is 5.92 Å². The molecule has 3 fully saturated rings. The Morgan fingerprint density at radius 2 is 1.92 bits per heavy atom. The van der Waals surface area contributed by atoms with Gasteiger partial charge < -0.3 is 10.2 Å². The van der Waals surface area contributed by atoms with E-state index in [0.717, 1.165) is 62.7 Å². The molecule has 3 unspecified atom stereocenters. The van der Waals surface area contributed by atoms with Crippen LogP contribution in [0.1, 0.15) is 24.3 Å². The van der Waals surface area contributed by atoms with Gasteiger partial charge in [0.1, 0.15) is 0 Å². The molecule has 0 aromatic heterocycles. The van der Waals surface area contributed by atoms with Crippen LogP contribution in [0.5, 0.6) is 0 Å². The van der Waals surface area contributed by atoms with E-state index in [-0.39, 0.29) is 18.3 Å². The average Bonchev–Trinajstić information content (AvgIpc) is 3.22. The Morgan fingerprint density at radius 3 is 2.67 bits per heavy atom. The molecule has 4 nitrogen and oxygen atoms in total. The van der Waals surface area contributed by atoms with Gasteiger partial charge in [-0.2, -0.15) is 0 Å². The van der Waals surface area contributed by atoms with Crippen LogP contribution in [0.3, 0.4) is 0 Å². The Labute approximate surface area is 154 Å². The highest BCUT2D eigenvalue weighted by molar-refractivity contribution is 6.31. The molecule has 0 spiro atoms. The van der Waals surface area contributed by atoms with Crippen LogP contribution in [-0.4, -0.2) is 61.0 Å². The lowest BCUT2D eigenvalue weighted by atomic mass is 10.1. The molecule has 2 saturated heterocycles. The largest absolute Gasteiger partial charge is 0.341 e. The van der Waals surface area contributed by atoms with Crippen molar-refractivity contribution >= 4 is 29.9 Å². The molecule has 132 valence electrons. The summed E-state index contributed by atoms with van der Waals surface area (Å²) in [6.45, 7) is 6.18. The lowest BCUT2D eigenvalue weighted by Crippen LogP contribution is -2.49. The van der Waals surface area contributed by atoms with Crippen LogP contribution >= 0.6 is 24.0 Å². The number of halogens is 2. The van der Waals surface area contributed by atoms with Gasteiger partial charge in [-0.05, 0) is 30.4 Å². The first-order valence-electron chi connectivity index (χ1n) is 8.72. The molecule has 1 aromatic carbocycles. The molecule has 1 amide bonds. The maximum Gasteiger partial charge on any atom is 0.226 e. The van der Waals surface area contributed by atoms with E-state index in [9.17, 15) is 4.79 Å². The number of piperazine rings is 1. The highest BCUT2D eigenvalue weighted by Gasteiger charge is 2.47. The van der Waals surface area contributed by atoms with Gasteiger partial charge in [-0.3, -0.25) is 9.69 Å². The fourth-order valence-corrected chi connectivity index (χ4v) is 4.39. The lowest BCUT2D eigenvalue weighted by Gasteiger charge is -2.32. The van der Waals surface area contributed by atoms with Gasteiger partial charge in [0.15, 0.2) is 0 Å². The Balaban J connectivity index is 0.00000169. The van der Waals surface area contributed by atoms with E-state index >= 15 is 0 Å². The molecule has 6 heteroatoms. The first kappa shape index (κ1) is 18.0. The third-order valence-corrected chi connectivity index (χ3v) is 5.90. The van der Waals surface area contributed by atoms with Crippen LogP contribution in [0.2, 0.25) is 5.02 Å². The third kappa shape index (κ3) is 3.57. The fraction of sp³-hybridized carbons (Fsp3) is 0.611. The Hall–Kier alpha value is -0.810. The fourth-order valence-electron chi connectivity index (χ4n) is 4.11. The van der Waals surface area contributed by atoms with E-state index in [0.29, 0.717) is 17.9 Å². The molecule has 3 aliphatic rings. The molecule has 3 atom stereocenters. The number of amides is 1. The number of likely N-dealkylation sites (tertiary alicyclic amines) is 1. The second-order valence-electron chi connectivity index (χ2n) is 6.98. The number of nitrogens with zero attached hydrogens (tertiary/aromatic N) is 2. The summed E-state index contributed by atoms with van der Waals surface area (Å²) in [7, 11) is 0. The van der Waals surface area contributed by atoms with Crippen molar-refractivity contribution in [1.29, 1.82) is 0 Å². The standard InChI is InChI=1S/C18H24ClN3O.ClH/c19-17-4-2-1-3-14(17)15-11-16(15)18(23)22-8-5-13(12-22)21-9-6-20-7-10-21;/h1-4,13,15-16,20H,5-12H2;1H. The van der Waals surface area contributed by atoms with Crippen LogP contribution in [0.25, 0.3) is 0 Å². The van der Waals surface area contributed by atoms with E-state index in [1.165, 1.54) is 0 Å². The summed E-state index contributed by atoms with van der Waals surface area (Å²) in [5.74, 6) is 0.818. The van der Waals surface area contributed by atoms with Crippen molar-refractivity contribution < 1.29 is 4.79 Å². The van der Waals surface area contributed by atoms with Crippen molar-refractivity contribution in [2.75, 3.05) is 39.3 Å². The van der Waals surface area contributed by atoms with Crippen molar-refractivity contribution in [2.24, 2.45) is 5.92 Å². The molecule has 24 heavy (non-hydrogen) atoms. The summed E-state index contributed by atoms with van der Waals surface area (Å²) < 4.78 is 0. The van der Waals surface area contributed by atoms with E-state index < -0.39 is 0 Å². The van der Waals surface area contributed by atoms with Crippen molar-refractivity contribution in [3.63, 3.8) is 0 Å². The second kappa shape index (κ2) is 7.61. The van der Waals surface area contributed by atoms with E-state index in [1.54, 1.807) is 0 Å². The summed E-state index contributed by atoms with van der Waals surface area (Å²) in [5, 5.41) is 4.19. The zero-order valence-electron chi connectivity index (χ0n) is 13.8. The van der Waals surface area contributed by atoms with Crippen LogP contribution in [0.15, 0.2) is 24.3 Å². The molecule has 0 radical (unpaired) electrons. The van der Waals surface area contributed by atoms with Gasteiger partial charge in [-0.25, -0.2) is 0 Å². The zero-order valence-corrected chi connectivity index (χ0v) is 15.4. The molecule has 1 saturated carbocycles. The topological polar surface area (TPSA) is 35.6 Å². The van der Waals surface area contributed by atoms with Crippen LogP contribution < -0.4 is 5.32 Å². The Bertz CT molecular complexity index is 591. The maximum absolute atomic E-state index is 12.8.